The molecule has 0 saturated heterocycles. The predicted octanol–water partition coefficient (Wildman–Crippen LogP) is 0.826. The van der Waals surface area contributed by atoms with Gasteiger partial charge in [0.1, 0.15) is 18.2 Å². The summed E-state index contributed by atoms with van der Waals surface area (Å²) in [5.41, 5.74) is 0.313. The largest absolute Gasteiger partial charge is 0.467 e. The van der Waals surface area contributed by atoms with Crippen LogP contribution in [0.15, 0.2) is 24.5 Å². The standard InChI is InChI=1S/C14H16FN5O3S/c1-23-14(22)11(5-6-24-2)17-13(21)10-7-9(15)3-4-12(10)20-8-16-18-19-20/h3-4,7-8,11H,5-6H2,1-2H3,(H,17,21)/t11-/m1/s1. The van der Waals surface area contributed by atoms with Gasteiger partial charge in [-0.3, -0.25) is 4.79 Å². The summed E-state index contributed by atoms with van der Waals surface area (Å²) < 4.78 is 19.5. The summed E-state index contributed by atoms with van der Waals surface area (Å²) in [5, 5.41) is 13.3. The smallest absolute Gasteiger partial charge is 0.328 e. The number of rotatable bonds is 7. The highest BCUT2D eigenvalue weighted by molar-refractivity contribution is 7.98. The lowest BCUT2D eigenvalue weighted by Gasteiger charge is -2.17. The minimum absolute atomic E-state index is 0.0142. The van der Waals surface area contributed by atoms with Crippen LogP contribution in [-0.2, 0) is 9.53 Å². The molecule has 0 fully saturated rings. The summed E-state index contributed by atoms with van der Waals surface area (Å²) in [6.45, 7) is 0. The van der Waals surface area contributed by atoms with Crippen molar-refractivity contribution in [1.29, 1.82) is 0 Å². The Morgan fingerprint density at radius 2 is 2.25 bits per heavy atom. The Kier molecular flexibility index (Phi) is 6.24. The number of halogens is 1. The average Bonchev–Trinajstić information content (AvgIpc) is 3.11. The van der Waals surface area contributed by atoms with Crippen molar-refractivity contribution in [2.24, 2.45) is 0 Å². The Balaban J connectivity index is 2.28. The fourth-order valence-electron chi connectivity index (χ4n) is 2.02. The fourth-order valence-corrected chi connectivity index (χ4v) is 2.50. The number of ether oxygens (including phenoxy) is 1. The van der Waals surface area contributed by atoms with Gasteiger partial charge in [0.2, 0.25) is 0 Å². The summed E-state index contributed by atoms with van der Waals surface area (Å²) >= 11 is 1.53. The summed E-state index contributed by atoms with van der Waals surface area (Å²) in [6.07, 6.45) is 3.57. The summed E-state index contributed by atoms with van der Waals surface area (Å²) in [7, 11) is 1.25. The summed E-state index contributed by atoms with van der Waals surface area (Å²) in [5.74, 6) is -1.10. The van der Waals surface area contributed by atoms with E-state index in [0.717, 1.165) is 6.07 Å². The first-order valence-electron chi connectivity index (χ1n) is 6.97. The number of tetrazole rings is 1. The Hall–Kier alpha value is -2.49. The number of methoxy groups -OCH3 is 1. The minimum atomic E-state index is -0.820. The Morgan fingerprint density at radius 3 is 2.88 bits per heavy atom. The molecule has 0 aliphatic heterocycles. The fraction of sp³-hybridized carbons (Fsp3) is 0.357. The van der Waals surface area contributed by atoms with E-state index >= 15 is 0 Å². The number of aromatic nitrogens is 4. The molecule has 2 aromatic rings. The molecule has 0 aliphatic rings. The number of nitrogens with one attached hydrogen (secondary N) is 1. The monoisotopic (exact) mass is 353 g/mol. The SMILES string of the molecule is COC(=O)[C@@H](CCSC)NC(=O)c1cc(F)ccc1-n1cnnn1. The van der Waals surface area contributed by atoms with Gasteiger partial charge in [0, 0.05) is 0 Å². The van der Waals surface area contributed by atoms with Crippen LogP contribution in [0, 0.1) is 5.82 Å². The molecule has 128 valence electrons. The number of carbonyl (C=O) groups is 2. The molecule has 10 heteroatoms. The van der Waals surface area contributed by atoms with Crippen LogP contribution in [0.2, 0.25) is 0 Å². The molecule has 0 aliphatic carbocycles. The zero-order valence-corrected chi connectivity index (χ0v) is 13.9. The second kappa shape index (κ2) is 8.39. The van der Waals surface area contributed by atoms with Gasteiger partial charge in [0.25, 0.3) is 5.91 Å². The molecule has 2 rings (SSSR count). The van der Waals surface area contributed by atoms with Crippen LogP contribution < -0.4 is 5.32 Å². The molecular weight excluding hydrogens is 337 g/mol. The molecule has 24 heavy (non-hydrogen) atoms. The van der Waals surface area contributed by atoms with E-state index in [4.69, 9.17) is 4.74 Å². The number of hydrogen-bond donors (Lipinski definition) is 1. The van der Waals surface area contributed by atoms with E-state index in [2.05, 4.69) is 20.8 Å². The van der Waals surface area contributed by atoms with Crippen LogP contribution in [-0.4, -0.2) is 57.2 Å². The molecule has 1 atom stereocenters. The number of thioether (sulfide) groups is 1. The number of esters is 1. The van der Waals surface area contributed by atoms with E-state index in [0.29, 0.717) is 17.9 Å². The van der Waals surface area contributed by atoms with Gasteiger partial charge in [-0.2, -0.15) is 16.4 Å². The van der Waals surface area contributed by atoms with Gasteiger partial charge in [0.05, 0.1) is 18.4 Å². The topological polar surface area (TPSA) is 99.0 Å². The molecule has 0 radical (unpaired) electrons. The van der Waals surface area contributed by atoms with Gasteiger partial charge in [-0.15, -0.1) is 5.10 Å². The first-order chi connectivity index (χ1) is 11.6. The number of carbonyl (C=O) groups excluding carboxylic acids is 2. The first-order valence-corrected chi connectivity index (χ1v) is 8.36. The van der Waals surface area contributed by atoms with E-state index in [9.17, 15) is 14.0 Å². The van der Waals surface area contributed by atoms with Gasteiger partial charge >= 0.3 is 5.97 Å². The van der Waals surface area contributed by atoms with Crippen LogP contribution in [0.25, 0.3) is 5.69 Å². The third-order valence-electron chi connectivity index (χ3n) is 3.20. The van der Waals surface area contributed by atoms with Gasteiger partial charge in [-0.1, -0.05) is 0 Å². The zero-order chi connectivity index (χ0) is 17.5. The zero-order valence-electron chi connectivity index (χ0n) is 13.1. The van der Waals surface area contributed by atoms with Crippen molar-refractivity contribution in [2.45, 2.75) is 12.5 Å². The van der Waals surface area contributed by atoms with Crippen LogP contribution >= 0.6 is 11.8 Å². The van der Waals surface area contributed by atoms with Crippen LogP contribution in [0.4, 0.5) is 4.39 Å². The maximum atomic E-state index is 13.6. The van der Waals surface area contributed by atoms with E-state index in [1.807, 2.05) is 6.26 Å². The molecule has 0 saturated carbocycles. The molecule has 1 N–H and O–H groups in total. The van der Waals surface area contributed by atoms with Crippen molar-refractivity contribution in [3.05, 3.63) is 35.9 Å². The molecule has 8 nitrogen and oxygen atoms in total. The Morgan fingerprint density at radius 1 is 1.46 bits per heavy atom. The quantitative estimate of drug-likeness (QED) is 0.736. The molecular formula is C14H16FN5O3S. The molecule has 0 unspecified atom stereocenters. The predicted molar refractivity (Wildman–Crippen MR) is 85.4 cm³/mol. The van der Waals surface area contributed by atoms with Crippen molar-refractivity contribution < 1.29 is 18.7 Å². The van der Waals surface area contributed by atoms with E-state index in [1.54, 1.807) is 0 Å². The van der Waals surface area contributed by atoms with Crippen LogP contribution in [0.1, 0.15) is 16.8 Å². The summed E-state index contributed by atoms with van der Waals surface area (Å²) in [6, 6.07) is 2.82. The van der Waals surface area contributed by atoms with Gasteiger partial charge in [-0.05, 0) is 47.1 Å². The van der Waals surface area contributed by atoms with E-state index in [-0.39, 0.29) is 5.56 Å². The van der Waals surface area contributed by atoms with Gasteiger partial charge < -0.3 is 10.1 Å². The number of nitrogens with zero attached hydrogens (tertiary/aromatic N) is 4. The molecule has 1 aromatic carbocycles. The van der Waals surface area contributed by atoms with Crippen molar-refractivity contribution in [2.75, 3.05) is 19.1 Å². The van der Waals surface area contributed by atoms with Crippen LogP contribution in [0.5, 0.6) is 0 Å². The second-order valence-corrected chi connectivity index (χ2v) is 5.73. The molecule has 0 bridgehead atoms. The lowest BCUT2D eigenvalue weighted by atomic mass is 10.1. The number of hydrogen-bond acceptors (Lipinski definition) is 7. The maximum Gasteiger partial charge on any atom is 0.328 e. The Bertz CT molecular complexity index is 710. The van der Waals surface area contributed by atoms with E-state index in [1.165, 1.54) is 42.0 Å². The second-order valence-electron chi connectivity index (χ2n) is 4.75. The lowest BCUT2D eigenvalue weighted by molar-refractivity contribution is -0.142. The average molecular weight is 353 g/mol. The van der Waals surface area contributed by atoms with Crippen molar-refractivity contribution >= 4 is 23.6 Å². The third-order valence-corrected chi connectivity index (χ3v) is 3.84. The number of benzene rings is 1. The van der Waals surface area contributed by atoms with Gasteiger partial charge in [0.15, 0.2) is 0 Å². The van der Waals surface area contributed by atoms with Crippen molar-refractivity contribution in [3.63, 3.8) is 0 Å². The van der Waals surface area contributed by atoms with Crippen molar-refractivity contribution in [1.82, 2.24) is 25.5 Å². The number of amides is 1. The molecule has 1 heterocycles. The van der Waals surface area contributed by atoms with Crippen LogP contribution in [0.3, 0.4) is 0 Å². The first kappa shape index (κ1) is 17.9. The highest BCUT2D eigenvalue weighted by Gasteiger charge is 2.24. The third kappa shape index (κ3) is 4.28. The van der Waals surface area contributed by atoms with E-state index < -0.39 is 23.7 Å². The lowest BCUT2D eigenvalue weighted by Crippen LogP contribution is -2.42. The Labute approximate surface area is 141 Å². The molecule has 0 spiro atoms. The normalized spacial score (nSPS) is 11.8. The minimum Gasteiger partial charge on any atom is -0.467 e. The molecule has 1 aromatic heterocycles. The highest BCUT2D eigenvalue weighted by atomic mass is 32.2. The van der Waals surface area contributed by atoms with Gasteiger partial charge in [-0.25, -0.2) is 9.18 Å². The van der Waals surface area contributed by atoms with Crippen molar-refractivity contribution in [3.8, 4) is 5.69 Å². The molecule has 1 amide bonds. The highest BCUT2D eigenvalue weighted by Crippen LogP contribution is 2.16. The summed E-state index contributed by atoms with van der Waals surface area (Å²) in [4.78, 5) is 24.3. The maximum absolute atomic E-state index is 13.6.